The van der Waals surface area contributed by atoms with Gasteiger partial charge in [0.25, 0.3) is 0 Å². The molecule has 0 aliphatic carbocycles. The fourth-order valence-electron chi connectivity index (χ4n) is 3.31. The lowest BCUT2D eigenvalue weighted by Crippen LogP contribution is -2.38. The van der Waals surface area contributed by atoms with Crippen LogP contribution >= 0.6 is 24.0 Å². The van der Waals surface area contributed by atoms with Crippen LogP contribution in [0.25, 0.3) is 0 Å². The van der Waals surface area contributed by atoms with E-state index in [1.54, 1.807) is 19.3 Å². The molecule has 1 unspecified atom stereocenters. The van der Waals surface area contributed by atoms with E-state index in [1.807, 2.05) is 13.0 Å². The maximum Gasteiger partial charge on any atom is 0.227 e. The van der Waals surface area contributed by atoms with Crippen molar-refractivity contribution in [3.05, 3.63) is 53.2 Å². The SMILES string of the molecule is CN=C(NCCC(=O)Nc1ccc(C)cn1)NCc1ccc(C)cc1OCC1CCOC1.I. The number of benzene rings is 1. The number of carbonyl (C=O) groups excluding carboxylic acids is 1. The first-order chi connectivity index (χ1) is 15.5. The van der Waals surface area contributed by atoms with Gasteiger partial charge in [-0.2, -0.15) is 0 Å². The molecule has 1 amide bonds. The quantitative estimate of drug-likeness (QED) is 0.244. The third kappa shape index (κ3) is 9.17. The lowest BCUT2D eigenvalue weighted by atomic mass is 10.1. The molecule has 3 rings (SSSR count). The van der Waals surface area contributed by atoms with Crippen molar-refractivity contribution in [3.63, 3.8) is 0 Å². The van der Waals surface area contributed by atoms with Crippen LogP contribution in [0.5, 0.6) is 5.75 Å². The van der Waals surface area contributed by atoms with E-state index in [0.717, 1.165) is 42.1 Å². The number of hydrogen-bond acceptors (Lipinski definition) is 5. The lowest BCUT2D eigenvalue weighted by Gasteiger charge is -2.17. The first-order valence-corrected chi connectivity index (χ1v) is 11.0. The van der Waals surface area contributed by atoms with Crippen LogP contribution in [-0.2, 0) is 16.1 Å². The summed E-state index contributed by atoms with van der Waals surface area (Å²) in [5, 5.41) is 9.26. The van der Waals surface area contributed by atoms with E-state index in [2.05, 4.69) is 51.0 Å². The first-order valence-electron chi connectivity index (χ1n) is 11.0. The fourth-order valence-corrected chi connectivity index (χ4v) is 3.31. The van der Waals surface area contributed by atoms with E-state index < -0.39 is 0 Å². The smallest absolute Gasteiger partial charge is 0.227 e. The van der Waals surface area contributed by atoms with Crippen molar-refractivity contribution in [1.82, 2.24) is 15.6 Å². The normalized spacial score (nSPS) is 15.5. The van der Waals surface area contributed by atoms with E-state index in [1.165, 1.54) is 0 Å². The molecule has 1 atom stereocenters. The number of aliphatic imine (C=N–C) groups is 1. The number of anilines is 1. The van der Waals surface area contributed by atoms with E-state index in [9.17, 15) is 4.79 Å². The number of amides is 1. The van der Waals surface area contributed by atoms with Crippen molar-refractivity contribution in [1.29, 1.82) is 0 Å². The van der Waals surface area contributed by atoms with Crippen LogP contribution in [0.4, 0.5) is 5.82 Å². The highest BCUT2D eigenvalue weighted by atomic mass is 127. The molecule has 0 saturated carbocycles. The molecular formula is C24H34IN5O3. The van der Waals surface area contributed by atoms with Crippen molar-refractivity contribution in [2.45, 2.75) is 33.2 Å². The van der Waals surface area contributed by atoms with Gasteiger partial charge in [0.15, 0.2) is 5.96 Å². The Morgan fingerprint density at radius 1 is 1.21 bits per heavy atom. The fraction of sp³-hybridized carbons (Fsp3) is 0.458. The topological polar surface area (TPSA) is 96.9 Å². The predicted octanol–water partition coefficient (Wildman–Crippen LogP) is 3.43. The number of hydrogen-bond donors (Lipinski definition) is 3. The zero-order valence-electron chi connectivity index (χ0n) is 19.5. The molecule has 0 spiro atoms. The van der Waals surface area contributed by atoms with Gasteiger partial charge < -0.3 is 25.4 Å². The van der Waals surface area contributed by atoms with Gasteiger partial charge in [0.1, 0.15) is 11.6 Å². The predicted molar refractivity (Wildman–Crippen MR) is 141 cm³/mol. The standard InChI is InChI=1S/C24H33N5O3.HI/c1-17-4-6-20(21(12-17)32-16-19-9-11-31-15-19)14-28-24(25-3)26-10-8-23(30)29-22-7-5-18(2)13-27-22;/h4-7,12-13,19H,8-11,14-16H2,1-3H3,(H2,25,26,28)(H,27,29,30);1H. The summed E-state index contributed by atoms with van der Waals surface area (Å²) >= 11 is 0. The molecule has 1 aliphatic rings. The summed E-state index contributed by atoms with van der Waals surface area (Å²) in [6.45, 7) is 7.28. The summed E-state index contributed by atoms with van der Waals surface area (Å²) in [6.07, 6.45) is 3.08. The van der Waals surface area contributed by atoms with Crippen LogP contribution in [0.3, 0.4) is 0 Å². The molecule has 0 radical (unpaired) electrons. The number of nitrogens with zero attached hydrogens (tertiary/aromatic N) is 2. The second-order valence-electron chi connectivity index (χ2n) is 8.02. The van der Waals surface area contributed by atoms with Gasteiger partial charge in [0.2, 0.25) is 5.91 Å². The van der Waals surface area contributed by atoms with Crippen LogP contribution in [-0.4, -0.2) is 50.3 Å². The minimum Gasteiger partial charge on any atom is -0.493 e. The Morgan fingerprint density at radius 2 is 2.03 bits per heavy atom. The number of ether oxygens (including phenoxy) is 2. The minimum atomic E-state index is -0.102. The van der Waals surface area contributed by atoms with Gasteiger partial charge in [0, 0.05) is 50.8 Å². The van der Waals surface area contributed by atoms with E-state index in [0.29, 0.717) is 43.8 Å². The first kappa shape index (κ1) is 26.8. The molecule has 180 valence electrons. The van der Waals surface area contributed by atoms with Gasteiger partial charge in [0.05, 0.1) is 13.2 Å². The second kappa shape index (κ2) is 14.0. The Morgan fingerprint density at radius 3 is 2.73 bits per heavy atom. The molecule has 1 aromatic heterocycles. The second-order valence-corrected chi connectivity index (χ2v) is 8.02. The number of rotatable bonds is 9. The zero-order valence-corrected chi connectivity index (χ0v) is 21.8. The molecule has 1 saturated heterocycles. The monoisotopic (exact) mass is 567 g/mol. The summed E-state index contributed by atoms with van der Waals surface area (Å²) in [5.41, 5.74) is 3.26. The molecule has 33 heavy (non-hydrogen) atoms. The van der Waals surface area contributed by atoms with Gasteiger partial charge >= 0.3 is 0 Å². The average Bonchev–Trinajstić information content (AvgIpc) is 3.31. The summed E-state index contributed by atoms with van der Waals surface area (Å²) in [7, 11) is 1.71. The number of pyridine rings is 1. The number of guanidine groups is 1. The van der Waals surface area contributed by atoms with E-state index >= 15 is 0 Å². The average molecular weight is 567 g/mol. The number of carbonyl (C=O) groups is 1. The molecule has 0 bridgehead atoms. The van der Waals surface area contributed by atoms with Crippen LogP contribution in [0.2, 0.25) is 0 Å². The highest BCUT2D eigenvalue weighted by Crippen LogP contribution is 2.22. The Labute approximate surface area is 213 Å². The summed E-state index contributed by atoms with van der Waals surface area (Å²) in [6, 6.07) is 9.91. The Balaban J connectivity index is 0.00000385. The molecule has 1 aromatic carbocycles. The summed E-state index contributed by atoms with van der Waals surface area (Å²) in [5.74, 6) is 2.41. The molecule has 1 aliphatic heterocycles. The van der Waals surface area contributed by atoms with Crippen LogP contribution in [0.15, 0.2) is 41.5 Å². The van der Waals surface area contributed by atoms with Gasteiger partial charge in [-0.05, 0) is 43.5 Å². The highest BCUT2D eigenvalue weighted by molar-refractivity contribution is 14.0. The van der Waals surface area contributed by atoms with E-state index in [-0.39, 0.29) is 29.9 Å². The van der Waals surface area contributed by atoms with Crippen LogP contribution in [0.1, 0.15) is 29.5 Å². The largest absolute Gasteiger partial charge is 0.493 e. The van der Waals surface area contributed by atoms with Gasteiger partial charge in [-0.1, -0.05) is 18.2 Å². The number of nitrogens with one attached hydrogen (secondary N) is 3. The molecule has 8 nitrogen and oxygen atoms in total. The Kier molecular flexibility index (Phi) is 11.4. The molecule has 2 heterocycles. The minimum absolute atomic E-state index is 0. The number of aryl methyl sites for hydroxylation is 2. The summed E-state index contributed by atoms with van der Waals surface area (Å²) < 4.78 is 11.5. The van der Waals surface area contributed by atoms with Crippen LogP contribution in [0, 0.1) is 19.8 Å². The van der Waals surface area contributed by atoms with Gasteiger partial charge in [-0.25, -0.2) is 4.98 Å². The van der Waals surface area contributed by atoms with Crippen molar-refractivity contribution >= 4 is 41.7 Å². The van der Waals surface area contributed by atoms with Gasteiger partial charge in [-0.15, -0.1) is 24.0 Å². The highest BCUT2D eigenvalue weighted by Gasteiger charge is 2.17. The third-order valence-corrected chi connectivity index (χ3v) is 5.21. The van der Waals surface area contributed by atoms with Crippen molar-refractivity contribution in [2.75, 3.05) is 38.7 Å². The maximum atomic E-state index is 12.1. The summed E-state index contributed by atoms with van der Waals surface area (Å²) in [4.78, 5) is 20.6. The van der Waals surface area contributed by atoms with Crippen molar-refractivity contribution in [2.24, 2.45) is 10.9 Å². The Hall–Kier alpha value is -2.40. The van der Waals surface area contributed by atoms with Crippen molar-refractivity contribution < 1.29 is 14.3 Å². The molecule has 1 fully saturated rings. The maximum absolute atomic E-state index is 12.1. The molecular weight excluding hydrogens is 533 g/mol. The van der Waals surface area contributed by atoms with E-state index in [4.69, 9.17) is 9.47 Å². The number of aromatic nitrogens is 1. The van der Waals surface area contributed by atoms with Crippen LogP contribution < -0.4 is 20.7 Å². The van der Waals surface area contributed by atoms with Gasteiger partial charge in [-0.3, -0.25) is 9.79 Å². The molecule has 9 heteroatoms. The van der Waals surface area contributed by atoms with Crippen molar-refractivity contribution in [3.8, 4) is 5.75 Å². The molecule has 2 aromatic rings. The number of halogens is 1. The zero-order chi connectivity index (χ0) is 22.8. The molecule has 3 N–H and O–H groups in total. The Bertz CT molecular complexity index is 915. The lowest BCUT2D eigenvalue weighted by molar-refractivity contribution is -0.116. The third-order valence-electron chi connectivity index (χ3n) is 5.21.